The van der Waals surface area contributed by atoms with Crippen LogP contribution in [-0.2, 0) is 6.54 Å². The van der Waals surface area contributed by atoms with Crippen LogP contribution in [-0.4, -0.2) is 40.5 Å². The highest BCUT2D eigenvalue weighted by atomic mass is 16.4. The SMILES string of the molecule is O=C(O)c1ccccc1CNCC(O)CO. The minimum atomic E-state index is -0.972. The van der Waals surface area contributed by atoms with Crippen LogP contribution in [0.1, 0.15) is 15.9 Å². The lowest BCUT2D eigenvalue weighted by Crippen LogP contribution is -2.29. The summed E-state index contributed by atoms with van der Waals surface area (Å²) in [5, 5.41) is 29.5. The van der Waals surface area contributed by atoms with Crippen molar-refractivity contribution in [1.29, 1.82) is 0 Å². The summed E-state index contributed by atoms with van der Waals surface area (Å²) >= 11 is 0. The molecule has 16 heavy (non-hydrogen) atoms. The van der Waals surface area contributed by atoms with Crippen LogP contribution in [0, 0.1) is 0 Å². The van der Waals surface area contributed by atoms with Crippen LogP contribution in [0.15, 0.2) is 24.3 Å². The van der Waals surface area contributed by atoms with E-state index in [2.05, 4.69) is 5.32 Å². The molecule has 5 heteroatoms. The number of carboxylic acid groups (broad SMARTS) is 1. The number of benzene rings is 1. The Morgan fingerprint density at radius 3 is 2.69 bits per heavy atom. The van der Waals surface area contributed by atoms with Gasteiger partial charge >= 0.3 is 5.97 Å². The minimum absolute atomic E-state index is 0.227. The van der Waals surface area contributed by atoms with Gasteiger partial charge in [-0.25, -0.2) is 4.79 Å². The lowest BCUT2D eigenvalue weighted by molar-refractivity contribution is 0.0695. The highest BCUT2D eigenvalue weighted by Gasteiger charge is 2.08. The van der Waals surface area contributed by atoms with E-state index in [1.165, 1.54) is 6.07 Å². The third kappa shape index (κ3) is 3.62. The quantitative estimate of drug-likeness (QED) is 0.539. The van der Waals surface area contributed by atoms with Gasteiger partial charge in [0.1, 0.15) is 0 Å². The number of aliphatic hydroxyl groups is 2. The van der Waals surface area contributed by atoms with Crippen molar-refractivity contribution in [3.8, 4) is 0 Å². The monoisotopic (exact) mass is 225 g/mol. The summed E-state index contributed by atoms with van der Waals surface area (Å²) in [6.45, 7) is 0.261. The van der Waals surface area contributed by atoms with E-state index >= 15 is 0 Å². The van der Waals surface area contributed by atoms with Gasteiger partial charge in [-0.3, -0.25) is 0 Å². The molecule has 1 unspecified atom stereocenters. The molecule has 5 nitrogen and oxygen atoms in total. The molecule has 1 atom stereocenters. The molecule has 0 aromatic heterocycles. The second-order valence-corrected chi connectivity index (χ2v) is 3.43. The largest absolute Gasteiger partial charge is 0.478 e. The summed E-state index contributed by atoms with van der Waals surface area (Å²) < 4.78 is 0. The smallest absolute Gasteiger partial charge is 0.336 e. The van der Waals surface area contributed by atoms with Crippen molar-refractivity contribution in [2.45, 2.75) is 12.6 Å². The van der Waals surface area contributed by atoms with Gasteiger partial charge in [0.25, 0.3) is 0 Å². The summed E-state index contributed by atoms with van der Waals surface area (Å²) in [6.07, 6.45) is -0.822. The highest BCUT2D eigenvalue weighted by Crippen LogP contribution is 2.08. The maximum atomic E-state index is 10.9. The molecular formula is C11H15NO4. The molecule has 0 spiro atoms. The standard InChI is InChI=1S/C11H15NO4/c13-7-9(14)6-12-5-8-3-1-2-4-10(8)11(15)16/h1-4,9,12-14H,5-7H2,(H,15,16). The van der Waals surface area contributed by atoms with E-state index in [0.29, 0.717) is 12.1 Å². The Morgan fingerprint density at radius 1 is 1.38 bits per heavy atom. The van der Waals surface area contributed by atoms with Crippen molar-refractivity contribution in [2.24, 2.45) is 0 Å². The van der Waals surface area contributed by atoms with Crippen LogP contribution < -0.4 is 5.32 Å². The van der Waals surface area contributed by atoms with Gasteiger partial charge in [0.05, 0.1) is 18.3 Å². The molecule has 0 aliphatic carbocycles. The van der Waals surface area contributed by atoms with Crippen LogP contribution in [0.5, 0.6) is 0 Å². The van der Waals surface area contributed by atoms with E-state index in [-0.39, 0.29) is 18.7 Å². The number of aliphatic hydroxyl groups excluding tert-OH is 2. The Morgan fingerprint density at radius 2 is 2.06 bits per heavy atom. The van der Waals surface area contributed by atoms with Crippen LogP contribution in [0.25, 0.3) is 0 Å². The summed E-state index contributed by atoms with van der Waals surface area (Å²) in [5.41, 5.74) is 0.897. The van der Waals surface area contributed by atoms with E-state index in [1.54, 1.807) is 18.2 Å². The van der Waals surface area contributed by atoms with Crippen molar-refractivity contribution in [3.05, 3.63) is 35.4 Å². The summed E-state index contributed by atoms with van der Waals surface area (Å²) in [4.78, 5) is 10.9. The molecule has 0 saturated carbocycles. The Kier molecular flexibility index (Phi) is 4.91. The third-order valence-corrected chi connectivity index (χ3v) is 2.15. The van der Waals surface area contributed by atoms with Crippen molar-refractivity contribution >= 4 is 5.97 Å². The molecule has 1 aromatic carbocycles. The fourth-order valence-corrected chi connectivity index (χ4v) is 1.32. The van der Waals surface area contributed by atoms with Crippen molar-refractivity contribution < 1.29 is 20.1 Å². The maximum absolute atomic E-state index is 10.9. The molecule has 0 radical (unpaired) electrons. The minimum Gasteiger partial charge on any atom is -0.478 e. The fourth-order valence-electron chi connectivity index (χ4n) is 1.32. The van der Waals surface area contributed by atoms with Crippen LogP contribution in [0.2, 0.25) is 0 Å². The molecule has 88 valence electrons. The zero-order valence-corrected chi connectivity index (χ0v) is 8.76. The van der Waals surface area contributed by atoms with E-state index in [9.17, 15) is 4.79 Å². The first kappa shape index (κ1) is 12.6. The van der Waals surface area contributed by atoms with E-state index < -0.39 is 12.1 Å². The predicted octanol–water partition coefficient (Wildman–Crippen LogP) is -0.172. The lowest BCUT2D eigenvalue weighted by atomic mass is 10.1. The Balaban J connectivity index is 2.56. The molecule has 0 fully saturated rings. The molecular weight excluding hydrogens is 210 g/mol. The predicted molar refractivity (Wildman–Crippen MR) is 58.2 cm³/mol. The summed E-state index contributed by atoms with van der Waals surface area (Å²) in [5.74, 6) is -0.972. The second kappa shape index (κ2) is 6.22. The maximum Gasteiger partial charge on any atom is 0.336 e. The average molecular weight is 225 g/mol. The summed E-state index contributed by atoms with van der Waals surface area (Å²) in [7, 11) is 0. The molecule has 0 saturated heterocycles. The molecule has 0 heterocycles. The average Bonchev–Trinajstić information content (AvgIpc) is 2.29. The van der Waals surface area contributed by atoms with Gasteiger partial charge in [-0.1, -0.05) is 18.2 Å². The molecule has 4 N–H and O–H groups in total. The van der Waals surface area contributed by atoms with Gasteiger partial charge in [-0.05, 0) is 11.6 Å². The van der Waals surface area contributed by atoms with Gasteiger partial charge in [0.2, 0.25) is 0 Å². The molecule has 0 amide bonds. The normalized spacial score (nSPS) is 12.4. The Labute approximate surface area is 93.4 Å². The van der Waals surface area contributed by atoms with Crippen molar-refractivity contribution in [1.82, 2.24) is 5.32 Å². The molecule has 0 aliphatic heterocycles. The zero-order valence-electron chi connectivity index (χ0n) is 8.76. The Bertz CT molecular complexity index is 354. The zero-order chi connectivity index (χ0) is 12.0. The third-order valence-electron chi connectivity index (χ3n) is 2.15. The first-order chi connectivity index (χ1) is 7.65. The van der Waals surface area contributed by atoms with E-state index in [1.807, 2.05) is 0 Å². The number of rotatable bonds is 6. The first-order valence-corrected chi connectivity index (χ1v) is 4.96. The van der Waals surface area contributed by atoms with Crippen LogP contribution in [0.4, 0.5) is 0 Å². The number of aromatic carboxylic acids is 1. The van der Waals surface area contributed by atoms with Gasteiger partial charge in [0.15, 0.2) is 0 Å². The topological polar surface area (TPSA) is 89.8 Å². The van der Waals surface area contributed by atoms with Crippen LogP contribution in [0.3, 0.4) is 0 Å². The lowest BCUT2D eigenvalue weighted by Gasteiger charge is -2.10. The van der Waals surface area contributed by atoms with Gasteiger partial charge in [0, 0.05) is 13.1 Å². The molecule has 0 bridgehead atoms. The number of hydrogen-bond acceptors (Lipinski definition) is 4. The fraction of sp³-hybridized carbons (Fsp3) is 0.364. The number of carbonyl (C=O) groups is 1. The van der Waals surface area contributed by atoms with Gasteiger partial charge < -0.3 is 20.6 Å². The Hall–Kier alpha value is -1.43. The highest BCUT2D eigenvalue weighted by molar-refractivity contribution is 5.89. The van der Waals surface area contributed by atoms with E-state index in [4.69, 9.17) is 15.3 Å². The molecule has 1 rings (SSSR count). The van der Waals surface area contributed by atoms with Crippen molar-refractivity contribution in [2.75, 3.05) is 13.2 Å². The first-order valence-electron chi connectivity index (χ1n) is 4.96. The van der Waals surface area contributed by atoms with Crippen LogP contribution >= 0.6 is 0 Å². The van der Waals surface area contributed by atoms with Gasteiger partial charge in [-0.15, -0.1) is 0 Å². The number of carboxylic acids is 1. The number of hydrogen-bond donors (Lipinski definition) is 4. The summed E-state index contributed by atoms with van der Waals surface area (Å²) in [6, 6.07) is 6.66. The second-order valence-electron chi connectivity index (χ2n) is 3.43. The number of nitrogens with one attached hydrogen (secondary N) is 1. The molecule has 0 aliphatic rings. The van der Waals surface area contributed by atoms with Gasteiger partial charge in [-0.2, -0.15) is 0 Å². The molecule has 1 aromatic rings. The van der Waals surface area contributed by atoms with Crippen molar-refractivity contribution in [3.63, 3.8) is 0 Å². The van der Waals surface area contributed by atoms with E-state index in [0.717, 1.165) is 0 Å².